The molecule has 2 rings (SSSR count). The van der Waals surface area contributed by atoms with Crippen molar-refractivity contribution in [2.75, 3.05) is 0 Å². The third kappa shape index (κ3) is 2.51. The molecular formula is C19H23N. The van der Waals surface area contributed by atoms with Crippen LogP contribution in [0.2, 0.25) is 0 Å². The minimum Gasteiger partial charge on any atom is -0.334 e. The fraction of sp³-hybridized carbons (Fsp3) is 0.368. The molecule has 104 valence electrons. The van der Waals surface area contributed by atoms with Gasteiger partial charge in [0, 0.05) is 17.4 Å². The van der Waals surface area contributed by atoms with Gasteiger partial charge >= 0.3 is 0 Å². The monoisotopic (exact) mass is 265 g/mol. The average Bonchev–Trinajstić information content (AvgIpc) is 2.79. The Kier molecular flexibility index (Phi) is 4.35. The molecule has 0 bridgehead atoms. The lowest BCUT2D eigenvalue weighted by atomic mass is 10.0. The van der Waals surface area contributed by atoms with Gasteiger partial charge in [0.25, 0.3) is 0 Å². The quantitative estimate of drug-likeness (QED) is 0.685. The smallest absolute Gasteiger partial charge is 0.0930 e. The van der Waals surface area contributed by atoms with Crippen molar-refractivity contribution >= 4 is 17.0 Å². The van der Waals surface area contributed by atoms with E-state index in [0.717, 1.165) is 12.2 Å². The van der Waals surface area contributed by atoms with Crippen LogP contribution in [0, 0.1) is 24.7 Å². The molecule has 0 radical (unpaired) electrons. The van der Waals surface area contributed by atoms with Crippen molar-refractivity contribution in [3.8, 4) is 11.8 Å². The van der Waals surface area contributed by atoms with E-state index in [1.807, 2.05) is 13.0 Å². The van der Waals surface area contributed by atoms with E-state index in [0.29, 0.717) is 5.92 Å². The van der Waals surface area contributed by atoms with Crippen LogP contribution < -0.4 is 0 Å². The summed E-state index contributed by atoms with van der Waals surface area (Å²) >= 11 is 0. The Morgan fingerprint density at radius 3 is 2.75 bits per heavy atom. The highest BCUT2D eigenvalue weighted by atomic mass is 15.0. The fourth-order valence-corrected chi connectivity index (χ4v) is 2.58. The predicted molar refractivity (Wildman–Crippen MR) is 88.8 cm³/mol. The summed E-state index contributed by atoms with van der Waals surface area (Å²) in [6.07, 6.45) is 3.11. The SMILES string of the molecule is C=Cc1ccc2c(cc(C#CC)n2CC(C)CC)c1C. The van der Waals surface area contributed by atoms with Crippen molar-refractivity contribution in [2.24, 2.45) is 5.92 Å². The fourth-order valence-electron chi connectivity index (χ4n) is 2.58. The Bertz CT molecular complexity index is 692. The Labute approximate surface area is 122 Å². The summed E-state index contributed by atoms with van der Waals surface area (Å²) in [4.78, 5) is 0. The Balaban J connectivity index is 2.68. The van der Waals surface area contributed by atoms with Gasteiger partial charge in [0.15, 0.2) is 0 Å². The third-order valence-electron chi connectivity index (χ3n) is 4.06. The van der Waals surface area contributed by atoms with Crippen LogP contribution in [0.25, 0.3) is 17.0 Å². The summed E-state index contributed by atoms with van der Waals surface area (Å²) in [5, 5.41) is 1.29. The molecule has 0 aliphatic carbocycles. The topological polar surface area (TPSA) is 4.93 Å². The number of aryl methyl sites for hydroxylation is 1. The Hall–Kier alpha value is -1.94. The van der Waals surface area contributed by atoms with E-state index in [2.05, 4.69) is 62.0 Å². The number of nitrogens with zero attached hydrogens (tertiary/aromatic N) is 1. The first-order chi connectivity index (χ1) is 9.62. The molecule has 2 aromatic rings. The molecule has 0 N–H and O–H groups in total. The van der Waals surface area contributed by atoms with Gasteiger partial charge in [-0.3, -0.25) is 0 Å². The van der Waals surface area contributed by atoms with Crippen molar-refractivity contribution in [3.63, 3.8) is 0 Å². The van der Waals surface area contributed by atoms with E-state index >= 15 is 0 Å². The molecule has 0 spiro atoms. The molecule has 0 amide bonds. The molecule has 0 fully saturated rings. The maximum atomic E-state index is 3.89. The van der Waals surface area contributed by atoms with E-state index < -0.39 is 0 Å². The third-order valence-corrected chi connectivity index (χ3v) is 4.06. The summed E-state index contributed by atoms with van der Waals surface area (Å²) in [5.74, 6) is 6.94. The lowest BCUT2D eigenvalue weighted by Gasteiger charge is -2.13. The van der Waals surface area contributed by atoms with Crippen molar-refractivity contribution < 1.29 is 0 Å². The summed E-state index contributed by atoms with van der Waals surface area (Å²) < 4.78 is 2.36. The second-order valence-electron chi connectivity index (χ2n) is 5.45. The number of hydrogen-bond donors (Lipinski definition) is 0. The molecule has 0 saturated carbocycles. The van der Waals surface area contributed by atoms with Crippen LogP contribution in [0.3, 0.4) is 0 Å². The average molecular weight is 265 g/mol. The van der Waals surface area contributed by atoms with Crippen LogP contribution >= 0.6 is 0 Å². The minimum absolute atomic E-state index is 0.655. The Morgan fingerprint density at radius 2 is 2.15 bits per heavy atom. The van der Waals surface area contributed by atoms with Gasteiger partial charge in [-0.05, 0) is 48.9 Å². The van der Waals surface area contributed by atoms with Crippen LogP contribution in [0.1, 0.15) is 44.0 Å². The van der Waals surface area contributed by atoms with Gasteiger partial charge in [-0.25, -0.2) is 0 Å². The summed E-state index contributed by atoms with van der Waals surface area (Å²) in [6.45, 7) is 13.5. The lowest BCUT2D eigenvalue weighted by molar-refractivity contribution is 0.475. The Morgan fingerprint density at radius 1 is 1.40 bits per heavy atom. The maximum Gasteiger partial charge on any atom is 0.0930 e. The van der Waals surface area contributed by atoms with Crippen LogP contribution in [-0.2, 0) is 6.54 Å². The molecule has 1 heteroatoms. The number of fused-ring (bicyclic) bond motifs is 1. The van der Waals surface area contributed by atoms with Crippen LogP contribution in [-0.4, -0.2) is 4.57 Å². The van der Waals surface area contributed by atoms with Crippen LogP contribution in [0.4, 0.5) is 0 Å². The van der Waals surface area contributed by atoms with E-state index in [4.69, 9.17) is 0 Å². The highest BCUT2D eigenvalue weighted by Crippen LogP contribution is 2.27. The van der Waals surface area contributed by atoms with Gasteiger partial charge in [-0.2, -0.15) is 0 Å². The zero-order valence-electron chi connectivity index (χ0n) is 13.0. The second-order valence-corrected chi connectivity index (χ2v) is 5.45. The van der Waals surface area contributed by atoms with Gasteiger partial charge in [-0.15, -0.1) is 0 Å². The number of rotatable bonds is 4. The van der Waals surface area contributed by atoms with Crippen molar-refractivity contribution in [1.29, 1.82) is 0 Å². The van der Waals surface area contributed by atoms with Gasteiger partial charge < -0.3 is 4.57 Å². The molecule has 1 aromatic carbocycles. The number of hydrogen-bond acceptors (Lipinski definition) is 0. The zero-order chi connectivity index (χ0) is 14.7. The van der Waals surface area contributed by atoms with Crippen molar-refractivity contribution in [1.82, 2.24) is 4.57 Å². The molecule has 1 aromatic heterocycles. The van der Waals surface area contributed by atoms with Gasteiger partial charge in [-0.1, -0.05) is 44.9 Å². The van der Waals surface area contributed by atoms with Crippen molar-refractivity contribution in [3.05, 3.63) is 41.6 Å². The summed E-state index contributed by atoms with van der Waals surface area (Å²) in [5.41, 5.74) is 4.90. The summed E-state index contributed by atoms with van der Waals surface area (Å²) in [7, 11) is 0. The maximum absolute atomic E-state index is 3.89. The van der Waals surface area contributed by atoms with Gasteiger partial charge in [0.2, 0.25) is 0 Å². The molecule has 0 saturated heterocycles. The molecule has 1 unspecified atom stereocenters. The van der Waals surface area contributed by atoms with Gasteiger partial charge in [0.05, 0.1) is 5.69 Å². The predicted octanol–water partition coefficient (Wildman–Crippen LogP) is 5.01. The van der Waals surface area contributed by atoms with E-state index in [-0.39, 0.29) is 0 Å². The first kappa shape index (κ1) is 14.5. The zero-order valence-corrected chi connectivity index (χ0v) is 13.0. The summed E-state index contributed by atoms with van der Waals surface area (Å²) in [6, 6.07) is 6.57. The highest BCUT2D eigenvalue weighted by Gasteiger charge is 2.12. The van der Waals surface area contributed by atoms with Crippen LogP contribution in [0.5, 0.6) is 0 Å². The second kappa shape index (κ2) is 6.01. The van der Waals surface area contributed by atoms with E-state index in [1.54, 1.807) is 0 Å². The molecular weight excluding hydrogens is 242 g/mol. The van der Waals surface area contributed by atoms with Crippen LogP contribution in [0.15, 0.2) is 24.8 Å². The molecule has 1 atom stereocenters. The van der Waals surface area contributed by atoms with Gasteiger partial charge in [0.1, 0.15) is 0 Å². The molecule has 1 heterocycles. The largest absolute Gasteiger partial charge is 0.334 e. The highest BCUT2D eigenvalue weighted by molar-refractivity contribution is 5.88. The lowest BCUT2D eigenvalue weighted by Crippen LogP contribution is -2.08. The number of aromatic nitrogens is 1. The van der Waals surface area contributed by atoms with E-state index in [9.17, 15) is 0 Å². The normalized spacial score (nSPS) is 12.0. The first-order valence-electron chi connectivity index (χ1n) is 7.30. The standard InChI is InChI=1S/C19H23N/c1-6-9-17-12-18-15(5)16(8-3)10-11-19(18)20(17)13-14(4)7-2/h8,10-12,14H,3,7,13H2,1-2,4-5H3. The molecule has 0 aliphatic rings. The van der Waals surface area contributed by atoms with E-state index in [1.165, 1.54) is 28.5 Å². The van der Waals surface area contributed by atoms with Crippen molar-refractivity contribution in [2.45, 2.75) is 40.7 Å². The molecule has 1 nitrogen and oxygen atoms in total. The first-order valence-corrected chi connectivity index (χ1v) is 7.30. The molecule has 0 aliphatic heterocycles. The number of benzene rings is 1. The molecule has 20 heavy (non-hydrogen) atoms. The minimum atomic E-state index is 0.655.